The maximum atomic E-state index is 13.0. The van der Waals surface area contributed by atoms with Gasteiger partial charge < -0.3 is 0 Å². The number of rotatable bonds is 3. The number of halogens is 2. The molecule has 1 heterocycles. The molecule has 5 nitrogen and oxygen atoms in total. The maximum Gasteiger partial charge on any atom is 0.344 e. The highest BCUT2D eigenvalue weighted by molar-refractivity contribution is 5.82. The largest absolute Gasteiger partial charge is 0.344 e. The molecule has 0 atom stereocenters. The average Bonchev–Trinajstić information content (AvgIpc) is 2.48. The van der Waals surface area contributed by atoms with Crippen LogP contribution in [-0.4, -0.2) is 21.6 Å². The predicted octanol–water partition coefficient (Wildman–Crippen LogP) is -0.183. The Morgan fingerprint density at radius 3 is 2.86 bits per heavy atom. The Hall–Kier alpha value is -1.50. The van der Waals surface area contributed by atoms with E-state index in [2.05, 4.69) is 10.9 Å². The zero-order valence-electron chi connectivity index (χ0n) is 7.50. The second-order valence-electron chi connectivity index (χ2n) is 2.83. The number of nitrogens with zero attached hydrogens (tertiary/aromatic N) is 2. The Kier molecular flexibility index (Phi) is 2.80. The summed E-state index contributed by atoms with van der Waals surface area (Å²) in [6.45, 7) is 0.849. The van der Waals surface area contributed by atoms with Crippen LogP contribution >= 0.6 is 0 Å². The van der Waals surface area contributed by atoms with Crippen molar-refractivity contribution in [2.45, 2.75) is 19.4 Å². The molecule has 0 saturated heterocycles. The van der Waals surface area contributed by atoms with Crippen LogP contribution in [0.15, 0.2) is 12.3 Å². The zero-order chi connectivity index (χ0) is 10.8. The molecule has 0 spiro atoms. The van der Waals surface area contributed by atoms with Gasteiger partial charge in [-0.1, -0.05) is 0 Å². The molecular weight excluding hydrogens is 194 g/mol. The summed E-state index contributed by atoms with van der Waals surface area (Å²) >= 11 is 0. The first-order valence-corrected chi connectivity index (χ1v) is 3.84. The number of aryl methyl sites for hydroxylation is 1. The number of carbonyl (C=O) groups is 1. The Bertz CT molecular complexity index is 336. The first kappa shape index (κ1) is 10.6. The summed E-state index contributed by atoms with van der Waals surface area (Å²) in [5, 5.41) is 3.73. The lowest BCUT2D eigenvalue weighted by Crippen LogP contribution is -2.46. The van der Waals surface area contributed by atoms with Crippen molar-refractivity contribution in [2.75, 3.05) is 0 Å². The third kappa shape index (κ3) is 2.25. The maximum absolute atomic E-state index is 13.0. The number of nitrogens with two attached hydrogens (primary N) is 1. The van der Waals surface area contributed by atoms with Gasteiger partial charge in [-0.2, -0.15) is 13.9 Å². The first-order chi connectivity index (χ1) is 6.45. The Morgan fingerprint density at radius 1 is 1.79 bits per heavy atom. The normalized spacial score (nSPS) is 11.4. The second kappa shape index (κ2) is 3.70. The van der Waals surface area contributed by atoms with E-state index in [1.165, 1.54) is 11.6 Å². The van der Waals surface area contributed by atoms with Gasteiger partial charge >= 0.3 is 11.8 Å². The summed E-state index contributed by atoms with van der Waals surface area (Å²) in [6.07, 6.45) is 1.37. The minimum Gasteiger partial charge on any atom is -0.289 e. The van der Waals surface area contributed by atoms with Crippen molar-refractivity contribution in [2.24, 2.45) is 5.84 Å². The van der Waals surface area contributed by atoms with Gasteiger partial charge in [-0.05, 0) is 13.0 Å². The smallest absolute Gasteiger partial charge is 0.289 e. The van der Waals surface area contributed by atoms with Crippen molar-refractivity contribution in [3.05, 3.63) is 18.0 Å². The van der Waals surface area contributed by atoms with Gasteiger partial charge in [-0.3, -0.25) is 14.9 Å². The summed E-state index contributed by atoms with van der Waals surface area (Å²) in [7, 11) is 0. The molecule has 0 aliphatic carbocycles. The molecule has 7 heteroatoms. The van der Waals surface area contributed by atoms with Crippen LogP contribution in [0.1, 0.15) is 5.69 Å². The predicted molar refractivity (Wildman–Crippen MR) is 44.2 cm³/mol. The Labute approximate surface area is 78.9 Å². The monoisotopic (exact) mass is 204 g/mol. The minimum atomic E-state index is -3.55. The molecular formula is C7H10F2N4O. The van der Waals surface area contributed by atoms with E-state index < -0.39 is 18.4 Å². The highest BCUT2D eigenvalue weighted by atomic mass is 19.3. The van der Waals surface area contributed by atoms with Crippen LogP contribution in [0.25, 0.3) is 0 Å². The van der Waals surface area contributed by atoms with Gasteiger partial charge in [-0.15, -0.1) is 0 Å². The van der Waals surface area contributed by atoms with E-state index in [-0.39, 0.29) is 0 Å². The number of hydrazine groups is 1. The van der Waals surface area contributed by atoms with E-state index >= 15 is 0 Å². The van der Waals surface area contributed by atoms with E-state index in [9.17, 15) is 13.6 Å². The Balaban J connectivity index is 2.72. The van der Waals surface area contributed by atoms with E-state index in [0.29, 0.717) is 5.69 Å². The molecule has 0 aliphatic rings. The van der Waals surface area contributed by atoms with Crippen molar-refractivity contribution in [3.63, 3.8) is 0 Å². The molecule has 0 saturated carbocycles. The lowest BCUT2D eigenvalue weighted by Gasteiger charge is -2.13. The first-order valence-electron chi connectivity index (χ1n) is 3.84. The van der Waals surface area contributed by atoms with E-state index in [1.807, 2.05) is 0 Å². The van der Waals surface area contributed by atoms with Gasteiger partial charge in [0.25, 0.3) is 0 Å². The second-order valence-corrected chi connectivity index (χ2v) is 2.83. The molecule has 78 valence electrons. The number of nitrogens with one attached hydrogen (secondary N) is 1. The molecule has 1 aromatic rings. The van der Waals surface area contributed by atoms with Crippen LogP contribution in [0.3, 0.4) is 0 Å². The molecule has 0 fully saturated rings. The van der Waals surface area contributed by atoms with Gasteiger partial charge in [-0.25, -0.2) is 5.84 Å². The van der Waals surface area contributed by atoms with Gasteiger partial charge in [0.1, 0.15) is 6.54 Å². The van der Waals surface area contributed by atoms with Crippen LogP contribution in [-0.2, 0) is 11.3 Å². The van der Waals surface area contributed by atoms with Crippen LogP contribution in [0.4, 0.5) is 8.78 Å². The topological polar surface area (TPSA) is 72.9 Å². The molecule has 0 aromatic carbocycles. The molecule has 0 bridgehead atoms. The van der Waals surface area contributed by atoms with Gasteiger partial charge in [0.05, 0.1) is 5.69 Å². The lowest BCUT2D eigenvalue weighted by atomic mass is 10.3. The SMILES string of the molecule is Cc1ccn(CC(F)(F)C(=O)NN)n1. The summed E-state index contributed by atoms with van der Waals surface area (Å²) < 4.78 is 26.9. The zero-order valence-corrected chi connectivity index (χ0v) is 7.50. The quantitative estimate of drug-likeness (QED) is 0.407. The van der Waals surface area contributed by atoms with Crippen LogP contribution in [0, 0.1) is 6.92 Å². The summed E-state index contributed by atoms with van der Waals surface area (Å²) in [6, 6.07) is 1.57. The van der Waals surface area contributed by atoms with E-state index in [4.69, 9.17) is 0 Å². The lowest BCUT2D eigenvalue weighted by molar-refractivity contribution is -0.147. The van der Waals surface area contributed by atoms with Gasteiger partial charge in [0, 0.05) is 6.20 Å². The molecule has 1 rings (SSSR count). The third-order valence-corrected chi connectivity index (χ3v) is 1.60. The Morgan fingerprint density at radius 2 is 2.43 bits per heavy atom. The van der Waals surface area contributed by atoms with Crippen molar-refractivity contribution in [1.29, 1.82) is 0 Å². The summed E-state index contributed by atoms with van der Waals surface area (Å²) in [5.41, 5.74) is 2.01. The minimum absolute atomic E-state index is 0.606. The molecule has 3 N–H and O–H groups in total. The van der Waals surface area contributed by atoms with Crippen molar-refractivity contribution in [3.8, 4) is 0 Å². The van der Waals surface area contributed by atoms with Crippen LogP contribution < -0.4 is 11.3 Å². The third-order valence-electron chi connectivity index (χ3n) is 1.60. The number of alkyl halides is 2. The van der Waals surface area contributed by atoms with Crippen LogP contribution in [0.2, 0.25) is 0 Å². The van der Waals surface area contributed by atoms with E-state index in [1.54, 1.807) is 13.0 Å². The van der Waals surface area contributed by atoms with Crippen molar-refractivity contribution in [1.82, 2.24) is 15.2 Å². The number of hydrogen-bond acceptors (Lipinski definition) is 3. The van der Waals surface area contributed by atoms with Gasteiger partial charge in [0.15, 0.2) is 0 Å². The van der Waals surface area contributed by atoms with Crippen molar-refractivity contribution >= 4 is 5.91 Å². The molecule has 1 amide bonds. The number of hydrogen-bond donors (Lipinski definition) is 2. The summed E-state index contributed by atoms with van der Waals surface area (Å²) in [5.74, 6) is -0.463. The number of aromatic nitrogens is 2. The molecule has 14 heavy (non-hydrogen) atoms. The van der Waals surface area contributed by atoms with Gasteiger partial charge in [0.2, 0.25) is 0 Å². The van der Waals surface area contributed by atoms with Crippen molar-refractivity contribution < 1.29 is 13.6 Å². The number of amides is 1. The molecule has 0 aliphatic heterocycles. The highest BCUT2D eigenvalue weighted by Gasteiger charge is 2.39. The number of carbonyl (C=O) groups excluding carboxylic acids is 1. The molecule has 0 radical (unpaired) electrons. The standard InChI is InChI=1S/C7H10F2N4O/c1-5-2-3-13(12-5)4-7(8,9)6(14)11-10/h2-3H,4,10H2,1H3,(H,11,14). The van der Waals surface area contributed by atoms with Crippen LogP contribution in [0.5, 0.6) is 0 Å². The fraction of sp³-hybridized carbons (Fsp3) is 0.429. The fourth-order valence-corrected chi connectivity index (χ4v) is 0.932. The fourth-order valence-electron chi connectivity index (χ4n) is 0.932. The summed E-state index contributed by atoms with van der Waals surface area (Å²) in [4.78, 5) is 10.6. The van der Waals surface area contributed by atoms with E-state index in [0.717, 1.165) is 4.68 Å². The highest BCUT2D eigenvalue weighted by Crippen LogP contribution is 2.15. The average molecular weight is 204 g/mol. The molecule has 1 aromatic heterocycles. The molecule has 0 unspecified atom stereocenters.